The van der Waals surface area contributed by atoms with E-state index in [0.29, 0.717) is 5.56 Å². The summed E-state index contributed by atoms with van der Waals surface area (Å²) in [5, 5.41) is 3.09. The Kier molecular flexibility index (Phi) is 5.19. The first kappa shape index (κ1) is 16.6. The van der Waals surface area contributed by atoms with Gasteiger partial charge in [0.2, 0.25) is 0 Å². The molecule has 1 saturated heterocycles. The summed E-state index contributed by atoms with van der Waals surface area (Å²) in [7, 11) is 0. The number of nitrogens with one attached hydrogen (secondary N) is 1. The number of anilines is 2. The molecule has 126 valence electrons. The SMILES string of the molecule is CCc1cccc(C)c1NC(=O)c1ccc(N2CCCCC2)cc1. The molecule has 1 amide bonds. The maximum absolute atomic E-state index is 12.6. The van der Waals surface area contributed by atoms with Crippen LogP contribution in [0.2, 0.25) is 0 Å². The molecule has 3 rings (SSSR count). The molecular weight excluding hydrogens is 296 g/mol. The lowest BCUT2D eigenvalue weighted by Crippen LogP contribution is -2.29. The van der Waals surface area contributed by atoms with Crippen molar-refractivity contribution in [2.45, 2.75) is 39.5 Å². The third-order valence-electron chi connectivity index (χ3n) is 4.83. The lowest BCUT2D eigenvalue weighted by Gasteiger charge is -2.28. The number of nitrogens with zero attached hydrogens (tertiary/aromatic N) is 1. The zero-order valence-electron chi connectivity index (χ0n) is 14.6. The average Bonchev–Trinajstić information content (AvgIpc) is 2.64. The Balaban J connectivity index is 1.74. The molecule has 0 saturated carbocycles. The van der Waals surface area contributed by atoms with Crippen molar-refractivity contribution in [1.29, 1.82) is 0 Å². The number of hydrogen-bond donors (Lipinski definition) is 1. The maximum Gasteiger partial charge on any atom is 0.255 e. The van der Waals surface area contributed by atoms with Gasteiger partial charge in [-0.2, -0.15) is 0 Å². The van der Waals surface area contributed by atoms with Crippen LogP contribution in [0.5, 0.6) is 0 Å². The van der Waals surface area contributed by atoms with Crippen molar-refractivity contribution < 1.29 is 4.79 Å². The number of benzene rings is 2. The van der Waals surface area contributed by atoms with Crippen LogP contribution in [-0.4, -0.2) is 19.0 Å². The molecule has 24 heavy (non-hydrogen) atoms. The Morgan fingerprint density at radius 2 is 1.75 bits per heavy atom. The molecule has 0 aliphatic carbocycles. The predicted molar refractivity (Wildman–Crippen MR) is 101 cm³/mol. The summed E-state index contributed by atoms with van der Waals surface area (Å²) < 4.78 is 0. The fourth-order valence-corrected chi connectivity index (χ4v) is 3.36. The van der Waals surface area contributed by atoms with Gasteiger partial charge in [-0.1, -0.05) is 25.1 Å². The molecule has 0 spiro atoms. The van der Waals surface area contributed by atoms with Crippen molar-refractivity contribution in [2.75, 3.05) is 23.3 Å². The highest BCUT2D eigenvalue weighted by molar-refractivity contribution is 6.05. The number of piperidine rings is 1. The highest BCUT2D eigenvalue weighted by Gasteiger charge is 2.13. The first-order valence-corrected chi connectivity index (χ1v) is 8.94. The fraction of sp³-hybridized carbons (Fsp3) is 0.381. The van der Waals surface area contributed by atoms with Crippen LogP contribution >= 0.6 is 0 Å². The van der Waals surface area contributed by atoms with E-state index in [0.717, 1.165) is 30.8 Å². The van der Waals surface area contributed by atoms with Gasteiger partial charge in [0.25, 0.3) is 5.91 Å². The van der Waals surface area contributed by atoms with E-state index in [1.54, 1.807) is 0 Å². The summed E-state index contributed by atoms with van der Waals surface area (Å²) in [6, 6.07) is 14.2. The summed E-state index contributed by atoms with van der Waals surface area (Å²) in [5.74, 6) is -0.0378. The minimum absolute atomic E-state index is 0.0378. The average molecular weight is 322 g/mol. The summed E-state index contributed by atoms with van der Waals surface area (Å²) in [4.78, 5) is 15.0. The molecule has 1 aliphatic heterocycles. The molecule has 1 fully saturated rings. The van der Waals surface area contributed by atoms with Gasteiger partial charge in [-0.15, -0.1) is 0 Å². The van der Waals surface area contributed by atoms with Gasteiger partial charge in [0.05, 0.1) is 0 Å². The predicted octanol–water partition coefficient (Wildman–Crippen LogP) is 4.80. The van der Waals surface area contributed by atoms with Gasteiger partial charge >= 0.3 is 0 Å². The second-order valence-electron chi connectivity index (χ2n) is 6.51. The van der Waals surface area contributed by atoms with E-state index in [9.17, 15) is 4.79 Å². The second kappa shape index (κ2) is 7.52. The quantitative estimate of drug-likeness (QED) is 0.877. The van der Waals surface area contributed by atoms with E-state index < -0.39 is 0 Å². The van der Waals surface area contributed by atoms with Gasteiger partial charge in [-0.05, 0) is 68.0 Å². The molecule has 0 atom stereocenters. The molecule has 2 aromatic rings. The Bertz CT molecular complexity index is 700. The van der Waals surface area contributed by atoms with Gasteiger partial charge in [-0.25, -0.2) is 0 Å². The van der Waals surface area contributed by atoms with Crippen LogP contribution < -0.4 is 10.2 Å². The minimum atomic E-state index is -0.0378. The third kappa shape index (κ3) is 3.61. The van der Waals surface area contributed by atoms with Crippen molar-refractivity contribution in [3.05, 3.63) is 59.2 Å². The minimum Gasteiger partial charge on any atom is -0.372 e. The van der Waals surface area contributed by atoms with Crippen LogP contribution in [0.15, 0.2) is 42.5 Å². The van der Waals surface area contributed by atoms with Gasteiger partial charge < -0.3 is 10.2 Å². The summed E-state index contributed by atoms with van der Waals surface area (Å²) >= 11 is 0. The van der Waals surface area contributed by atoms with Gasteiger partial charge in [0, 0.05) is 30.0 Å². The van der Waals surface area contributed by atoms with Gasteiger partial charge in [-0.3, -0.25) is 4.79 Å². The Labute approximate surface area is 144 Å². The van der Waals surface area contributed by atoms with E-state index >= 15 is 0 Å². The number of carbonyl (C=O) groups is 1. The Hall–Kier alpha value is -2.29. The van der Waals surface area contributed by atoms with E-state index in [2.05, 4.69) is 35.3 Å². The van der Waals surface area contributed by atoms with Crippen molar-refractivity contribution in [2.24, 2.45) is 0 Å². The van der Waals surface area contributed by atoms with Crippen LogP contribution in [0.1, 0.15) is 47.7 Å². The smallest absolute Gasteiger partial charge is 0.255 e. The van der Waals surface area contributed by atoms with Crippen molar-refractivity contribution >= 4 is 17.3 Å². The molecule has 0 unspecified atom stereocenters. The molecule has 1 aliphatic rings. The molecule has 1 heterocycles. The molecule has 0 radical (unpaired) electrons. The number of aryl methyl sites for hydroxylation is 2. The van der Waals surface area contributed by atoms with Gasteiger partial charge in [0.1, 0.15) is 0 Å². The summed E-state index contributed by atoms with van der Waals surface area (Å²) in [6.07, 6.45) is 4.75. The van der Waals surface area contributed by atoms with Crippen LogP contribution in [0.4, 0.5) is 11.4 Å². The number of para-hydroxylation sites is 1. The number of rotatable bonds is 4. The van der Waals surface area contributed by atoms with Crippen molar-refractivity contribution in [3.8, 4) is 0 Å². The first-order chi connectivity index (χ1) is 11.7. The van der Waals surface area contributed by atoms with Crippen molar-refractivity contribution in [1.82, 2.24) is 0 Å². The highest BCUT2D eigenvalue weighted by Crippen LogP contribution is 2.23. The summed E-state index contributed by atoms with van der Waals surface area (Å²) in [6.45, 7) is 6.38. The topological polar surface area (TPSA) is 32.3 Å². The molecule has 0 bridgehead atoms. The highest BCUT2D eigenvalue weighted by atomic mass is 16.1. The molecular formula is C21H26N2O. The van der Waals surface area contributed by atoms with Crippen LogP contribution in [0.25, 0.3) is 0 Å². The number of carbonyl (C=O) groups excluding carboxylic acids is 1. The number of amides is 1. The monoisotopic (exact) mass is 322 g/mol. The molecule has 1 N–H and O–H groups in total. The van der Waals surface area contributed by atoms with E-state index in [4.69, 9.17) is 0 Å². The lowest BCUT2D eigenvalue weighted by molar-refractivity contribution is 0.102. The molecule has 3 nitrogen and oxygen atoms in total. The van der Waals surface area contributed by atoms with Crippen LogP contribution in [0.3, 0.4) is 0 Å². The zero-order valence-corrected chi connectivity index (χ0v) is 14.6. The van der Waals surface area contributed by atoms with E-state index in [1.165, 1.54) is 30.5 Å². The maximum atomic E-state index is 12.6. The normalized spacial score (nSPS) is 14.5. The zero-order chi connectivity index (χ0) is 16.9. The van der Waals surface area contributed by atoms with E-state index in [1.807, 2.05) is 31.2 Å². The van der Waals surface area contributed by atoms with E-state index in [-0.39, 0.29) is 5.91 Å². The molecule has 2 aromatic carbocycles. The number of hydrogen-bond acceptors (Lipinski definition) is 2. The van der Waals surface area contributed by atoms with Crippen molar-refractivity contribution in [3.63, 3.8) is 0 Å². The van der Waals surface area contributed by atoms with Gasteiger partial charge in [0.15, 0.2) is 0 Å². The fourth-order valence-electron chi connectivity index (χ4n) is 3.36. The standard InChI is InChI=1S/C21H26N2O/c1-3-17-9-7-8-16(2)20(17)22-21(24)18-10-12-19(13-11-18)23-14-5-4-6-15-23/h7-13H,3-6,14-15H2,1-2H3,(H,22,24). The molecule has 3 heteroatoms. The lowest BCUT2D eigenvalue weighted by atomic mass is 10.0. The Morgan fingerprint density at radius 3 is 2.42 bits per heavy atom. The second-order valence-corrected chi connectivity index (χ2v) is 6.51. The van der Waals surface area contributed by atoms with Crippen LogP contribution in [-0.2, 0) is 6.42 Å². The third-order valence-corrected chi connectivity index (χ3v) is 4.83. The summed E-state index contributed by atoms with van der Waals surface area (Å²) in [5.41, 5.74) is 5.16. The largest absolute Gasteiger partial charge is 0.372 e. The van der Waals surface area contributed by atoms with Crippen LogP contribution in [0, 0.1) is 6.92 Å². The Morgan fingerprint density at radius 1 is 1.04 bits per heavy atom. The molecule has 0 aromatic heterocycles. The first-order valence-electron chi connectivity index (χ1n) is 8.94.